The molecule has 9 heteroatoms. The number of aromatic nitrogens is 2. The van der Waals surface area contributed by atoms with Gasteiger partial charge in [-0.15, -0.1) is 0 Å². The van der Waals surface area contributed by atoms with Crippen LogP contribution in [0.25, 0.3) is 22.3 Å². The fraction of sp³-hybridized carbons (Fsp3) is 0.150. The van der Waals surface area contributed by atoms with Crippen LogP contribution in [-0.4, -0.2) is 41.0 Å². The van der Waals surface area contributed by atoms with Crippen molar-refractivity contribution in [2.45, 2.75) is 0 Å². The molecular weight excluding hydrogens is 411 g/mol. The van der Waals surface area contributed by atoms with Gasteiger partial charge in [-0.25, -0.2) is 9.97 Å². The fourth-order valence-corrected chi connectivity index (χ4v) is 3.13. The predicted molar refractivity (Wildman–Crippen MR) is 119 cm³/mol. The van der Waals surface area contributed by atoms with E-state index in [1.165, 1.54) is 6.08 Å². The number of rotatable bonds is 7. The van der Waals surface area contributed by atoms with Gasteiger partial charge in [0.05, 0.1) is 10.5 Å². The molecule has 0 radical (unpaired) electrons. The molecule has 5 N–H and O–H groups in total. The SMILES string of the molecule is CN/C(O)=C\C(=N)NCCNc1nc(-c2ccc(Cl)cc2Cl)nc2ccccc12. The molecule has 0 unspecified atom stereocenters. The minimum Gasteiger partial charge on any atom is -0.495 e. The third-order valence-electron chi connectivity index (χ3n) is 4.05. The summed E-state index contributed by atoms with van der Waals surface area (Å²) in [5, 5.41) is 27.7. The average molecular weight is 431 g/mol. The van der Waals surface area contributed by atoms with E-state index in [1.807, 2.05) is 24.3 Å². The highest BCUT2D eigenvalue weighted by molar-refractivity contribution is 6.36. The Morgan fingerprint density at radius 3 is 2.69 bits per heavy atom. The maximum atomic E-state index is 9.38. The van der Waals surface area contributed by atoms with E-state index in [4.69, 9.17) is 28.6 Å². The third kappa shape index (κ3) is 5.28. The minimum atomic E-state index is -0.0817. The third-order valence-corrected chi connectivity index (χ3v) is 4.59. The second-order valence-electron chi connectivity index (χ2n) is 6.08. The lowest BCUT2D eigenvalue weighted by Crippen LogP contribution is -2.28. The molecule has 29 heavy (non-hydrogen) atoms. The zero-order chi connectivity index (χ0) is 20.8. The molecule has 150 valence electrons. The van der Waals surface area contributed by atoms with Crippen molar-refractivity contribution in [1.29, 1.82) is 5.41 Å². The van der Waals surface area contributed by atoms with Crippen LogP contribution in [-0.2, 0) is 0 Å². The maximum Gasteiger partial charge on any atom is 0.187 e. The molecule has 1 heterocycles. The Morgan fingerprint density at radius 1 is 1.14 bits per heavy atom. The van der Waals surface area contributed by atoms with Crippen LogP contribution >= 0.6 is 23.2 Å². The van der Waals surface area contributed by atoms with Gasteiger partial charge < -0.3 is 21.1 Å². The Hall–Kier alpha value is -3.03. The number of benzene rings is 2. The van der Waals surface area contributed by atoms with E-state index < -0.39 is 0 Å². The van der Waals surface area contributed by atoms with E-state index in [1.54, 1.807) is 25.2 Å². The molecule has 0 bridgehead atoms. The highest BCUT2D eigenvalue weighted by Crippen LogP contribution is 2.31. The van der Waals surface area contributed by atoms with Crippen molar-refractivity contribution in [1.82, 2.24) is 20.6 Å². The molecule has 3 aromatic rings. The lowest BCUT2D eigenvalue weighted by molar-refractivity contribution is 0.377. The number of hydrogen-bond acceptors (Lipinski definition) is 6. The first-order valence-corrected chi connectivity index (χ1v) is 9.60. The number of amidine groups is 1. The summed E-state index contributed by atoms with van der Waals surface area (Å²) >= 11 is 12.3. The van der Waals surface area contributed by atoms with E-state index in [-0.39, 0.29) is 11.7 Å². The zero-order valence-corrected chi connectivity index (χ0v) is 17.1. The molecule has 7 nitrogen and oxygen atoms in total. The van der Waals surface area contributed by atoms with Gasteiger partial charge in [0.2, 0.25) is 0 Å². The largest absolute Gasteiger partial charge is 0.495 e. The maximum absolute atomic E-state index is 9.38. The molecule has 0 saturated carbocycles. The highest BCUT2D eigenvalue weighted by atomic mass is 35.5. The van der Waals surface area contributed by atoms with Crippen LogP contribution in [0.1, 0.15) is 0 Å². The molecule has 1 aromatic heterocycles. The molecule has 0 aliphatic heterocycles. The van der Waals surface area contributed by atoms with Gasteiger partial charge in [0.1, 0.15) is 11.7 Å². The van der Waals surface area contributed by atoms with Crippen molar-refractivity contribution in [3.05, 3.63) is 64.5 Å². The molecule has 0 atom stereocenters. The van der Waals surface area contributed by atoms with Crippen LogP contribution in [0.3, 0.4) is 0 Å². The van der Waals surface area contributed by atoms with Gasteiger partial charge in [0.25, 0.3) is 0 Å². The molecule has 3 rings (SSSR count). The summed E-state index contributed by atoms with van der Waals surface area (Å²) in [5.41, 5.74) is 1.48. The molecule has 0 fully saturated rings. The Labute approximate surface area is 178 Å². The highest BCUT2D eigenvalue weighted by Gasteiger charge is 2.12. The monoisotopic (exact) mass is 430 g/mol. The lowest BCUT2D eigenvalue weighted by Gasteiger charge is -2.12. The van der Waals surface area contributed by atoms with Gasteiger partial charge >= 0.3 is 0 Å². The van der Waals surface area contributed by atoms with Gasteiger partial charge in [-0.2, -0.15) is 0 Å². The Balaban J connectivity index is 1.81. The molecule has 0 saturated heterocycles. The normalized spacial score (nSPS) is 11.3. The fourth-order valence-electron chi connectivity index (χ4n) is 2.64. The average Bonchev–Trinajstić information content (AvgIpc) is 2.70. The number of nitrogens with one attached hydrogen (secondary N) is 4. The van der Waals surface area contributed by atoms with Crippen LogP contribution in [0.2, 0.25) is 10.0 Å². The van der Waals surface area contributed by atoms with Crippen LogP contribution in [0.4, 0.5) is 5.82 Å². The predicted octanol–water partition coefficient (Wildman–Crippen LogP) is 4.20. The van der Waals surface area contributed by atoms with Crippen molar-refractivity contribution in [3.63, 3.8) is 0 Å². The van der Waals surface area contributed by atoms with Gasteiger partial charge in [0.15, 0.2) is 11.7 Å². The summed E-state index contributed by atoms with van der Waals surface area (Å²) in [4.78, 5) is 9.27. The number of fused-ring (bicyclic) bond motifs is 1. The Kier molecular flexibility index (Phi) is 6.74. The molecule has 0 spiro atoms. The van der Waals surface area contributed by atoms with Gasteiger partial charge in [-0.1, -0.05) is 35.3 Å². The first kappa shape index (κ1) is 20.7. The van der Waals surface area contributed by atoms with E-state index in [9.17, 15) is 5.11 Å². The van der Waals surface area contributed by atoms with E-state index >= 15 is 0 Å². The molecule has 0 aliphatic rings. The van der Waals surface area contributed by atoms with Crippen LogP contribution in [0, 0.1) is 5.41 Å². The smallest absolute Gasteiger partial charge is 0.187 e. The first-order chi connectivity index (χ1) is 14.0. The summed E-state index contributed by atoms with van der Waals surface area (Å²) in [5.74, 6) is 1.18. The van der Waals surface area contributed by atoms with Gasteiger partial charge in [0, 0.05) is 42.2 Å². The van der Waals surface area contributed by atoms with E-state index in [0.717, 1.165) is 10.9 Å². The number of halogens is 2. The van der Waals surface area contributed by atoms with Crippen LogP contribution < -0.4 is 16.0 Å². The van der Waals surface area contributed by atoms with Gasteiger partial charge in [-0.05, 0) is 30.3 Å². The van der Waals surface area contributed by atoms with Gasteiger partial charge in [-0.3, -0.25) is 5.41 Å². The Morgan fingerprint density at radius 2 is 1.93 bits per heavy atom. The summed E-state index contributed by atoms with van der Waals surface area (Å²) in [6.45, 7) is 0.965. The summed E-state index contributed by atoms with van der Waals surface area (Å²) in [6.07, 6.45) is 1.29. The lowest BCUT2D eigenvalue weighted by atomic mass is 10.2. The summed E-state index contributed by atoms with van der Waals surface area (Å²) < 4.78 is 0. The Bertz CT molecular complexity index is 1070. The number of anilines is 1. The van der Waals surface area contributed by atoms with Crippen molar-refractivity contribution >= 4 is 45.8 Å². The number of hydrogen-bond donors (Lipinski definition) is 5. The molecular formula is C20H20Cl2N6O. The van der Waals surface area contributed by atoms with Crippen LogP contribution in [0.15, 0.2) is 54.4 Å². The number of aliphatic hydroxyl groups is 1. The van der Waals surface area contributed by atoms with Crippen LogP contribution in [0.5, 0.6) is 0 Å². The molecule has 0 amide bonds. The number of nitrogens with zero attached hydrogens (tertiary/aromatic N) is 2. The van der Waals surface area contributed by atoms with Crippen molar-refractivity contribution in [2.24, 2.45) is 0 Å². The van der Waals surface area contributed by atoms with Crippen molar-refractivity contribution in [2.75, 3.05) is 25.5 Å². The van der Waals surface area contributed by atoms with Crippen molar-refractivity contribution in [3.8, 4) is 11.4 Å². The topological polar surface area (TPSA) is 106 Å². The summed E-state index contributed by atoms with van der Waals surface area (Å²) in [6, 6.07) is 12.9. The standard InChI is InChI=1S/C20H20Cl2N6O/c1-24-18(29)11-17(23)25-8-9-26-19-14-4-2-3-5-16(14)27-20(28-19)13-7-6-12(21)10-15(13)22/h2-7,10-11,24,29H,8-9H2,1H3,(H2,23,25)(H,26,27,28)/b18-11+. The van der Waals surface area contributed by atoms with Crippen molar-refractivity contribution < 1.29 is 5.11 Å². The quantitative estimate of drug-likeness (QED) is 0.166. The minimum absolute atomic E-state index is 0.0817. The second kappa shape index (κ2) is 9.45. The first-order valence-electron chi connectivity index (χ1n) is 8.85. The molecule has 0 aliphatic carbocycles. The summed E-state index contributed by atoms with van der Waals surface area (Å²) in [7, 11) is 1.57. The van der Waals surface area contributed by atoms with E-state index in [2.05, 4.69) is 25.9 Å². The number of aliphatic hydroxyl groups excluding tert-OH is 1. The number of para-hydroxylation sites is 1. The molecule has 2 aromatic carbocycles. The second-order valence-corrected chi connectivity index (χ2v) is 6.93. The van der Waals surface area contributed by atoms with E-state index in [0.29, 0.717) is 40.3 Å². The zero-order valence-electron chi connectivity index (χ0n) is 15.6.